The Kier molecular flexibility index (Phi) is 2.98. The Balaban J connectivity index is 1.70. The fourth-order valence-electron chi connectivity index (χ4n) is 3.27. The Bertz CT molecular complexity index is 427. The lowest BCUT2D eigenvalue weighted by Gasteiger charge is -2.13. The summed E-state index contributed by atoms with van der Waals surface area (Å²) in [5.41, 5.74) is 0.952. The number of hydrogen-bond donors (Lipinski definition) is 1. The summed E-state index contributed by atoms with van der Waals surface area (Å²) < 4.78 is 13.0. The van der Waals surface area contributed by atoms with Crippen molar-refractivity contribution in [3.8, 4) is 0 Å². The predicted molar refractivity (Wildman–Crippen MR) is 68.1 cm³/mol. The standard InChI is InChI=1S/C15H18FN/c16-13-5-1-3-11(9-13)7-8-15-14-6-2-4-12(14)10-17-15/h1,3,5,7-9,12,14-15,17H,2,4,6,10H2/b8-7+. The van der Waals surface area contributed by atoms with Crippen LogP contribution < -0.4 is 5.32 Å². The van der Waals surface area contributed by atoms with Gasteiger partial charge in [0, 0.05) is 6.04 Å². The molecule has 3 atom stereocenters. The van der Waals surface area contributed by atoms with Crippen molar-refractivity contribution < 1.29 is 4.39 Å². The minimum atomic E-state index is -0.162. The van der Waals surface area contributed by atoms with E-state index < -0.39 is 0 Å². The Hall–Kier alpha value is -1.15. The molecule has 1 saturated heterocycles. The van der Waals surface area contributed by atoms with Gasteiger partial charge in [-0.15, -0.1) is 0 Å². The molecule has 1 heterocycles. The van der Waals surface area contributed by atoms with E-state index in [-0.39, 0.29) is 5.82 Å². The maximum absolute atomic E-state index is 13.0. The molecule has 1 N–H and O–H groups in total. The van der Waals surface area contributed by atoms with E-state index in [0.717, 1.165) is 23.9 Å². The van der Waals surface area contributed by atoms with Crippen LogP contribution in [-0.2, 0) is 0 Å². The molecule has 0 bridgehead atoms. The van der Waals surface area contributed by atoms with Gasteiger partial charge in [0.05, 0.1) is 0 Å². The molecule has 0 spiro atoms. The zero-order valence-corrected chi connectivity index (χ0v) is 9.90. The molecule has 0 amide bonds. The van der Waals surface area contributed by atoms with Gasteiger partial charge in [0.1, 0.15) is 5.82 Å². The van der Waals surface area contributed by atoms with Crippen LogP contribution in [0.2, 0.25) is 0 Å². The molecule has 3 rings (SSSR count). The summed E-state index contributed by atoms with van der Waals surface area (Å²) in [4.78, 5) is 0. The molecular formula is C15H18FN. The normalized spacial score (nSPS) is 32.2. The third-order valence-corrected chi connectivity index (χ3v) is 4.14. The van der Waals surface area contributed by atoms with Crippen molar-refractivity contribution in [1.82, 2.24) is 5.32 Å². The van der Waals surface area contributed by atoms with Crippen molar-refractivity contribution in [2.75, 3.05) is 6.54 Å². The van der Waals surface area contributed by atoms with Crippen LogP contribution in [0.5, 0.6) is 0 Å². The van der Waals surface area contributed by atoms with Crippen molar-refractivity contribution in [2.24, 2.45) is 11.8 Å². The largest absolute Gasteiger partial charge is 0.310 e. The first-order valence-electron chi connectivity index (χ1n) is 6.50. The van der Waals surface area contributed by atoms with Gasteiger partial charge in [-0.2, -0.15) is 0 Å². The molecule has 1 aliphatic carbocycles. The Morgan fingerprint density at radius 2 is 2.24 bits per heavy atom. The molecule has 1 aromatic carbocycles. The molecule has 2 heteroatoms. The molecule has 0 aromatic heterocycles. The molecule has 2 fully saturated rings. The van der Waals surface area contributed by atoms with Crippen molar-refractivity contribution in [2.45, 2.75) is 25.3 Å². The number of benzene rings is 1. The highest BCUT2D eigenvalue weighted by atomic mass is 19.1. The van der Waals surface area contributed by atoms with Crippen molar-refractivity contribution in [3.05, 3.63) is 41.7 Å². The van der Waals surface area contributed by atoms with Crippen LogP contribution in [0.25, 0.3) is 6.08 Å². The van der Waals surface area contributed by atoms with Crippen LogP contribution in [0.15, 0.2) is 30.3 Å². The molecule has 1 aromatic rings. The minimum Gasteiger partial charge on any atom is -0.310 e. The van der Waals surface area contributed by atoms with E-state index in [1.165, 1.54) is 25.3 Å². The average Bonchev–Trinajstić information content (AvgIpc) is 2.89. The molecule has 1 nitrogen and oxygen atoms in total. The topological polar surface area (TPSA) is 12.0 Å². The van der Waals surface area contributed by atoms with E-state index in [4.69, 9.17) is 0 Å². The van der Waals surface area contributed by atoms with Gasteiger partial charge in [-0.1, -0.05) is 30.7 Å². The molecule has 1 aliphatic heterocycles. The van der Waals surface area contributed by atoms with Gasteiger partial charge in [0.2, 0.25) is 0 Å². The number of hydrogen-bond acceptors (Lipinski definition) is 1. The molecular weight excluding hydrogens is 213 g/mol. The van der Waals surface area contributed by atoms with Crippen molar-refractivity contribution in [1.29, 1.82) is 0 Å². The van der Waals surface area contributed by atoms with Gasteiger partial charge in [0.15, 0.2) is 0 Å². The van der Waals surface area contributed by atoms with Crippen LogP contribution in [0.4, 0.5) is 4.39 Å². The summed E-state index contributed by atoms with van der Waals surface area (Å²) in [5, 5.41) is 3.56. The lowest BCUT2D eigenvalue weighted by Crippen LogP contribution is -2.23. The van der Waals surface area contributed by atoms with E-state index >= 15 is 0 Å². The fraction of sp³-hybridized carbons (Fsp3) is 0.467. The maximum Gasteiger partial charge on any atom is 0.123 e. The maximum atomic E-state index is 13.0. The van der Waals surface area contributed by atoms with E-state index in [0.29, 0.717) is 6.04 Å². The molecule has 0 radical (unpaired) electrons. The van der Waals surface area contributed by atoms with Gasteiger partial charge in [0.25, 0.3) is 0 Å². The van der Waals surface area contributed by atoms with E-state index in [1.807, 2.05) is 12.1 Å². The Labute approximate surface area is 102 Å². The highest BCUT2D eigenvalue weighted by Gasteiger charge is 2.37. The number of fused-ring (bicyclic) bond motifs is 1. The molecule has 2 aliphatic rings. The summed E-state index contributed by atoms with van der Waals surface area (Å²) >= 11 is 0. The third-order valence-electron chi connectivity index (χ3n) is 4.14. The number of rotatable bonds is 2. The van der Waals surface area contributed by atoms with Gasteiger partial charge in [-0.25, -0.2) is 4.39 Å². The second-order valence-electron chi connectivity index (χ2n) is 5.20. The highest BCUT2D eigenvalue weighted by molar-refractivity contribution is 5.50. The molecule has 17 heavy (non-hydrogen) atoms. The van der Waals surface area contributed by atoms with Gasteiger partial charge >= 0.3 is 0 Å². The second-order valence-corrected chi connectivity index (χ2v) is 5.20. The van der Waals surface area contributed by atoms with E-state index in [1.54, 1.807) is 12.1 Å². The highest BCUT2D eigenvalue weighted by Crippen LogP contribution is 2.38. The number of halogens is 1. The lowest BCUT2D eigenvalue weighted by atomic mass is 9.93. The summed E-state index contributed by atoms with van der Waals surface area (Å²) in [6.45, 7) is 1.16. The van der Waals surface area contributed by atoms with Crippen LogP contribution >= 0.6 is 0 Å². The minimum absolute atomic E-state index is 0.162. The van der Waals surface area contributed by atoms with Crippen LogP contribution in [-0.4, -0.2) is 12.6 Å². The smallest absolute Gasteiger partial charge is 0.123 e. The zero-order valence-electron chi connectivity index (χ0n) is 9.90. The van der Waals surface area contributed by atoms with Gasteiger partial charge in [-0.05, 0) is 48.9 Å². The first kappa shape index (κ1) is 11.0. The van der Waals surface area contributed by atoms with E-state index in [9.17, 15) is 4.39 Å². The average molecular weight is 231 g/mol. The molecule has 1 saturated carbocycles. The van der Waals surface area contributed by atoms with Crippen molar-refractivity contribution in [3.63, 3.8) is 0 Å². The van der Waals surface area contributed by atoms with Crippen LogP contribution in [0, 0.1) is 17.7 Å². The number of nitrogens with one attached hydrogen (secondary N) is 1. The van der Waals surface area contributed by atoms with E-state index in [2.05, 4.69) is 11.4 Å². The molecule has 90 valence electrons. The summed E-state index contributed by atoms with van der Waals surface area (Å²) in [6, 6.07) is 7.26. The van der Waals surface area contributed by atoms with Crippen molar-refractivity contribution >= 4 is 6.08 Å². The predicted octanol–water partition coefficient (Wildman–Crippen LogP) is 3.23. The molecule has 3 unspecified atom stereocenters. The van der Waals surface area contributed by atoms with Gasteiger partial charge < -0.3 is 5.32 Å². The SMILES string of the molecule is Fc1cccc(/C=C/C2NCC3CCCC32)c1. The van der Waals surface area contributed by atoms with Gasteiger partial charge in [-0.3, -0.25) is 0 Å². The third kappa shape index (κ3) is 2.27. The Morgan fingerprint density at radius 1 is 1.29 bits per heavy atom. The zero-order chi connectivity index (χ0) is 11.7. The first-order chi connectivity index (χ1) is 8.33. The lowest BCUT2D eigenvalue weighted by molar-refractivity contribution is 0.456. The quantitative estimate of drug-likeness (QED) is 0.824. The fourth-order valence-corrected chi connectivity index (χ4v) is 3.27. The summed E-state index contributed by atoms with van der Waals surface area (Å²) in [6.07, 6.45) is 8.35. The summed E-state index contributed by atoms with van der Waals surface area (Å²) in [5.74, 6) is 1.52. The Morgan fingerprint density at radius 3 is 3.12 bits per heavy atom. The van der Waals surface area contributed by atoms with Crippen LogP contribution in [0.3, 0.4) is 0 Å². The first-order valence-corrected chi connectivity index (χ1v) is 6.50. The van der Waals surface area contributed by atoms with Crippen LogP contribution in [0.1, 0.15) is 24.8 Å². The summed E-state index contributed by atoms with van der Waals surface area (Å²) in [7, 11) is 0. The second kappa shape index (κ2) is 4.61. The monoisotopic (exact) mass is 231 g/mol.